The Balaban J connectivity index is 0.918. The van der Waals surface area contributed by atoms with Crippen LogP contribution < -0.4 is 36.6 Å². The average molecular weight is 821 g/mol. The molecule has 3 aromatic carbocycles. The van der Waals surface area contributed by atoms with E-state index in [-0.39, 0.29) is 57.3 Å². The third-order valence-corrected chi connectivity index (χ3v) is 10.1. The maximum Gasteiger partial charge on any atom is 0.319 e. The molecule has 1 unspecified atom stereocenters. The second-order valence-electron chi connectivity index (χ2n) is 14.6. The van der Waals surface area contributed by atoms with Crippen LogP contribution in [0.5, 0.6) is 5.75 Å². The number of fused-ring (bicyclic) bond motifs is 1. The van der Waals surface area contributed by atoms with Gasteiger partial charge in [0.15, 0.2) is 0 Å². The fraction of sp³-hybridized carbons (Fsp3) is 0.310. The van der Waals surface area contributed by atoms with Crippen LogP contribution in [-0.4, -0.2) is 87.8 Å². The van der Waals surface area contributed by atoms with Crippen molar-refractivity contribution in [3.63, 3.8) is 0 Å². The molecule has 0 saturated carbocycles. The summed E-state index contributed by atoms with van der Waals surface area (Å²) in [6, 6.07) is 14.3. The van der Waals surface area contributed by atoms with Gasteiger partial charge in [-0.3, -0.25) is 48.6 Å². The molecule has 1 saturated heterocycles. The molecule has 18 heteroatoms. The van der Waals surface area contributed by atoms with E-state index < -0.39 is 59.6 Å². The van der Waals surface area contributed by atoms with E-state index in [1.807, 2.05) is 19.1 Å². The van der Waals surface area contributed by atoms with Gasteiger partial charge in [0.2, 0.25) is 29.5 Å². The summed E-state index contributed by atoms with van der Waals surface area (Å²) in [5.74, 6) is -3.19. The first kappa shape index (κ1) is 42.2. The number of benzene rings is 3. The maximum atomic E-state index is 13.0. The number of carbonyl (C=O) groups excluding carboxylic acids is 9. The highest BCUT2D eigenvalue weighted by atomic mass is 16.5. The van der Waals surface area contributed by atoms with Crippen molar-refractivity contribution in [3.8, 4) is 5.75 Å². The van der Waals surface area contributed by atoms with Crippen LogP contribution in [0.3, 0.4) is 0 Å². The van der Waals surface area contributed by atoms with E-state index >= 15 is 0 Å². The molecule has 3 atom stereocenters. The van der Waals surface area contributed by atoms with Crippen molar-refractivity contribution in [2.75, 3.05) is 17.2 Å². The van der Waals surface area contributed by atoms with Gasteiger partial charge in [0.05, 0.1) is 0 Å². The number of imide groups is 2. The van der Waals surface area contributed by atoms with Crippen LogP contribution in [0.1, 0.15) is 65.7 Å². The second-order valence-corrected chi connectivity index (χ2v) is 14.6. The zero-order valence-corrected chi connectivity index (χ0v) is 33.1. The van der Waals surface area contributed by atoms with Crippen LogP contribution >= 0.6 is 0 Å². The van der Waals surface area contributed by atoms with E-state index in [1.54, 1.807) is 48.5 Å². The van der Waals surface area contributed by atoms with Crippen LogP contribution in [0.15, 0.2) is 72.8 Å². The first-order valence-electron chi connectivity index (χ1n) is 19.2. The summed E-state index contributed by atoms with van der Waals surface area (Å²) < 4.78 is 6.05. The molecule has 0 radical (unpaired) electrons. The Morgan fingerprint density at radius 3 is 2.22 bits per heavy atom. The molecular formula is C42H44N8O10. The van der Waals surface area contributed by atoms with Crippen LogP contribution in [0.2, 0.25) is 0 Å². The SMILES string of the molecule is Cc1ccc(NC(=O)NCc2ccc3c(c2)CN(C2CCC(=O)NC2=O)C3=O)cc1OCc1ccc(NC(=O)[C@H](C)NC(=O)[C@H](C)NC(=O)CCN2C(=O)C=CC2=O)cc1. The third kappa shape index (κ3) is 10.4. The van der Waals surface area contributed by atoms with E-state index in [9.17, 15) is 43.2 Å². The number of hydrogen-bond donors (Lipinski definition) is 6. The molecule has 10 amide bonds. The number of anilines is 2. The number of ether oxygens (including phenoxy) is 1. The lowest BCUT2D eigenvalue weighted by Gasteiger charge is -2.29. The molecule has 6 N–H and O–H groups in total. The molecule has 1 fully saturated rings. The van der Waals surface area contributed by atoms with E-state index in [0.717, 1.165) is 39.3 Å². The van der Waals surface area contributed by atoms with Crippen molar-refractivity contribution in [1.29, 1.82) is 0 Å². The summed E-state index contributed by atoms with van der Waals surface area (Å²) in [7, 11) is 0. The molecule has 60 heavy (non-hydrogen) atoms. The number of hydrogen-bond acceptors (Lipinski definition) is 10. The number of urea groups is 1. The highest BCUT2D eigenvalue weighted by molar-refractivity contribution is 6.13. The molecule has 3 aliphatic rings. The number of nitrogens with one attached hydrogen (secondary N) is 6. The molecule has 18 nitrogen and oxygen atoms in total. The lowest BCUT2D eigenvalue weighted by Crippen LogP contribution is -2.52. The van der Waals surface area contributed by atoms with Gasteiger partial charge in [-0.15, -0.1) is 0 Å². The number of nitrogens with zero attached hydrogens (tertiary/aromatic N) is 2. The van der Waals surface area contributed by atoms with Crippen molar-refractivity contribution < 1.29 is 47.9 Å². The normalized spacial score (nSPS) is 16.8. The van der Waals surface area contributed by atoms with Crippen LogP contribution in [0.25, 0.3) is 0 Å². The van der Waals surface area contributed by atoms with Gasteiger partial charge < -0.3 is 36.2 Å². The van der Waals surface area contributed by atoms with Crippen molar-refractivity contribution in [2.24, 2.45) is 0 Å². The van der Waals surface area contributed by atoms with Crippen LogP contribution in [-0.2, 0) is 53.3 Å². The zero-order valence-electron chi connectivity index (χ0n) is 33.1. The van der Waals surface area contributed by atoms with Crippen LogP contribution in [0.4, 0.5) is 16.2 Å². The lowest BCUT2D eigenvalue weighted by atomic mass is 10.0. The predicted octanol–water partition coefficient (Wildman–Crippen LogP) is 1.92. The summed E-state index contributed by atoms with van der Waals surface area (Å²) in [6.45, 7) is 5.29. The number of amides is 10. The smallest absolute Gasteiger partial charge is 0.319 e. The third-order valence-electron chi connectivity index (χ3n) is 10.1. The van der Waals surface area contributed by atoms with Crippen molar-refractivity contribution in [1.82, 2.24) is 31.1 Å². The first-order valence-corrected chi connectivity index (χ1v) is 19.2. The summed E-state index contributed by atoms with van der Waals surface area (Å²) in [5, 5.41) is 15.7. The maximum absolute atomic E-state index is 13.0. The van der Waals surface area contributed by atoms with E-state index in [1.165, 1.54) is 18.7 Å². The monoisotopic (exact) mass is 820 g/mol. The minimum absolute atomic E-state index is 0.121. The first-order chi connectivity index (χ1) is 28.6. The predicted molar refractivity (Wildman–Crippen MR) is 215 cm³/mol. The Kier molecular flexibility index (Phi) is 13.0. The van der Waals surface area contributed by atoms with Gasteiger partial charge in [-0.2, -0.15) is 0 Å². The van der Waals surface area contributed by atoms with Crippen molar-refractivity contribution in [2.45, 2.75) is 77.9 Å². The van der Waals surface area contributed by atoms with E-state index in [4.69, 9.17) is 4.74 Å². The van der Waals surface area contributed by atoms with Gasteiger partial charge in [-0.1, -0.05) is 30.3 Å². The van der Waals surface area contributed by atoms with Crippen LogP contribution in [0, 0.1) is 6.92 Å². The quantitative estimate of drug-likeness (QED) is 0.122. The molecule has 6 rings (SSSR count). The Morgan fingerprint density at radius 2 is 1.50 bits per heavy atom. The largest absolute Gasteiger partial charge is 0.489 e. The number of rotatable bonds is 15. The van der Waals surface area contributed by atoms with Gasteiger partial charge in [0, 0.05) is 67.6 Å². The topological polar surface area (TPSA) is 242 Å². The Bertz CT molecular complexity index is 2270. The minimum atomic E-state index is -0.979. The van der Waals surface area contributed by atoms with Gasteiger partial charge in [-0.25, -0.2) is 4.79 Å². The van der Waals surface area contributed by atoms with Gasteiger partial charge in [0.1, 0.15) is 30.5 Å². The lowest BCUT2D eigenvalue weighted by molar-refractivity contribution is -0.138. The number of piperidine rings is 1. The zero-order chi connectivity index (χ0) is 43.1. The molecule has 0 aliphatic carbocycles. The standard InChI is InChI=1S/C42H44N8O10/c1-23-4-8-30(47-42(59)43-20-27-7-11-31-28(18-27)21-50(41(31)58)32-12-13-34(51)48-40(32)57)19-33(23)60-22-26-5-9-29(10-6-26)46-39(56)25(3)45-38(55)24(2)44-35(52)16-17-49-36(53)14-15-37(49)54/h4-11,14-15,18-19,24-25,32H,12-13,16-17,20-22H2,1-3H3,(H,44,52)(H,45,55)(H,46,56)(H2,43,47,59)(H,48,51,57)/t24-,25-,32?/m0/s1. The highest BCUT2D eigenvalue weighted by Crippen LogP contribution is 2.29. The summed E-state index contributed by atoms with van der Waals surface area (Å²) in [5.41, 5.74) is 4.58. The Morgan fingerprint density at radius 1 is 0.817 bits per heavy atom. The summed E-state index contributed by atoms with van der Waals surface area (Å²) >= 11 is 0. The molecule has 0 spiro atoms. The van der Waals surface area contributed by atoms with Gasteiger partial charge >= 0.3 is 6.03 Å². The van der Waals surface area contributed by atoms with E-state index in [2.05, 4.69) is 31.9 Å². The fourth-order valence-corrected chi connectivity index (χ4v) is 6.67. The fourth-order valence-electron chi connectivity index (χ4n) is 6.67. The molecule has 0 aromatic heterocycles. The molecule has 3 heterocycles. The Labute approximate surface area is 344 Å². The molecule has 3 aromatic rings. The molecule has 3 aliphatic heterocycles. The van der Waals surface area contributed by atoms with E-state index in [0.29, 0.717) is 22.7 Å². The summed E-state index contributed by atoms with van der Waals surface area (Å²) in [6.07, 6.45) is 2.50. The highest BCUT2D eigenvalue weighted by Gasteiger charge is 2.39. The Hall–Kier alpha value is -7.37. The van der Waals surface area contributed by atoms with Gasteiger partial charge in [0.25, 0.3) is 17.7 Å². The summed E-state index contributed by atoms with van der Waals surface area (Å²) in [4.78, 5) is 113. The van der Waals surface area contributed by atoms with Gasteiger partial charge in [-0.05, 0) is 73.7 Å². The number of aryl methyl sites for hydroxylation is 1. The number of carbonyl (C=O) groups is 9. The van der Waals surface area contributed by atoms with Crippen molar-refractivity contribution >= 4 is 64.7 Å². The minimum Gasteiger partial charge on any atom is -0.489 e. The average Bonchev–Trinajstić information content (AvgIpc) is 3.72. The molecule has 0 bridgehead atoms. The molecule has 312 valence electrons. The second kappa shape index (κ2) is 18.5. The molecular weight excluding hydrogens is 777 g/mol. The van der Waals surface area contributed by atoms with Crippen molar-refractivity contribution in [3.05, 3.63) is 101 Å².